The van der Waals surface area contributed by atoms with Gasteiger partial charge in [-0.15, -0.1) is 0 Å². The summed E-state index contributed by atoms with van der Waals surface area (Å²) in [7, 11) is 1.96. The molecule has 0 aliphatic heterocycles. The van der Waals surface area contributed by atoms with E-state index in [-0.39, 0.29) is 5.25 Å². The van der Waals surface area contributed by atoms with Crippen LogP contribution in [0, 0.1) is 0 Å². The van der Waals surface area contributed by atoms with E-state index in [1.807, 2.05) is 11.9 Å². The molecule has 0 N–H and O–H groups in total. The summed E-state index contributed by atoms with van der Waals surface area (Å²) in [6, 6.07) is 0.402. The molecule has 0 saturated heterocycles. The summed E-state index contributed by atoms with van der Waals surface area (Å²) in [6.07, 6.45) is 1.30. The van der Waals surface area contributed by atoms with Crippen LogP contribution in [0.15, 0.2) is 12.3 Å². The van der Waals surface area contributed by atoms with Gasteiger partial charge in [0.05, 0.1) is 0 Å². The smallest absolute Gasteiger partial charge is 0.121 e. The Hall–Kier alpha value is -0.440. The van der Waals surface area contributed by atoms with Crippen LogP contribution in [0.5, 0.6) is 0 Å². The molecule has 0 radical (unpaired) electrons. The van der Waals surface area contributed by atoms with E-state index >= 15 is 0 Å². The Morgan fingerprint density at radius 2 is 2.17 bits per heavy atom. The molecular formula is C9H17NOS. The van der Waals surface area contributed by atoms with Gasteiger partial charge in [0.15, 0.2) is 0 Å². The summed E-state index contributed by atoms with van der Waals surface area (Å²) in [5.41, 5.74) is 0.903. The summed E-state index contributed by atoms with van der Waals surface area (Å²) in [4.78, 5) is 12.2. The topological polar surface area (TPSA) is 20.3 Å². The van der Waals surface area contributed by atoms with E-state index in [0.717, 1.165) is 12.0 Å². The summed E-state index contributed by atoms with van der Waals surface area (Å²) in [5.74, 6) is 0. The van der Waals surface area contributed by atoms with Crippen molar-refractivity contribution in [2.75, 3.05) is 7.05 Å². The van der Waals surface area contributed by atoms with Crippen molar-refractivity contribution in [1.29, 1.82) is 0 Å². The number of hydrogen-bond acceptors (Lipinski definition) is 3. The van der Waals surface area contributed by atoms with Crippen LogP contribution < -0.4 is 0 Å². The SMILES string of the molecule is C=C(C(S)CC=O)N(C)C(C)C. The van der Waals surface area contributed by atoms with Crippen molar-refractivity contribution in [3.63, 3.8) is 0 Å². The fraction of sp³-hybridized carbons (Fsp3) is 0.667. The first-order valence-electron chi connectivity index (χ1n) is 4.04. The molecule has 1 atom stereocenters. The normalized spacial score (nSPS) is 12.8. The molecule has 70 valence electrons. The lowest BCUT2D eigenvalue weighted by Gasteiger charge is -2.28. The highest BCUT2D eigenvalue weighted by atomic mass is 32.1. The molecule has 0 aliphatic rings. The summed E-state index contributed by atoms with van der Waals surface area (Å²) < 4.78 is 0. The molecule has 0 heterocycles. The second kappa shape index (κ2) is 5.25. The zero-order valence-corrected chi connectivity index (χ0v) is 8.84. The maximum absolute atomic E-state index is 10.2. The lowest BCUT2D eigenvalue weighted by molar-refractivity contribution is -0.107. The zero-order valence-electron chi connectivity index (χ0n) is 7.95. The van der Waals surface area contributed by atoms with Gasteiger partial charge < -0.3 is 9.69 Å². The number of rotatable bonds is 5. The van der Waals surface area contributed by atoms with Crippen LogP contribution >= 0.6 is 12.6 Å². The predicted molar refractivity (Wildman–Crippen MR) is 55.5 cm³/mol. The van der Waals surface area contributed by atoms with Gasteiger partial charge in [0.1, 0.15) is 6.29 Å². The van der Waals surface area contributed by atoms with Crippen LogP contribution in [-0.4, -0.2) is 29.5 Å². The standard InChI is InChI=1S/C9H17NOS/c1-7(2)10(4)8(3)9(12)5-6-11/h6-7,9,12H,3,5H2,1-2,4H3. The van der Waals surface area contributed by atoms with E-state index in [0.29, 0.717) is 12.5 Å². The highest BCUT2D eigenvalue weighted by Gasteiger charge is 2.13. The minimum atomic E-state index is -0.0464. The van der Waals surface area contributed by atoms with E-state index in [2.05, 4.69) is 33.1 Å². The van der Waals surface area contributed by atoms with Gasteiger partial charge in [-0.3, -0.25) is 0 Å². The highest BCUT2D eigenvalue weighted by molar-refractivity contribution is 7.81. The third-order valence-corrected chi connectivity index (χ3v) is 2.44. The Labute approximate surface area is 80.0 Å². The number of thiol groups is 1. The van der Waals surface area contributed by atoms with Crippen LogP contribution in [-0.2, 0) is 4.79 Å². The number of aldehydes is 1. The fourth-order valence-electron chi connectivity index (χ4n) is 0.794. The first-order valence-corrected chi connectivity index (χ1v) is 4.55. The highest BCUT2D eigenvalue weighted by Crippen LogP contribution is 2.15. The molecular weight excluding hydrogens is 170 g/mol. The number of carbonyl (C=O) groups excluding carboxylic acids is 1. The van der Waals surface area contributed by atoms with Gasteiger partial charge >= 0.3 is 0 Å². The minimum absolute atomic E-state index is 0.0464. The molecule has 0 rings (SSSR count). The molecule has 1 unspecified atom stereocenters. The Kier molecular flexibility index (Phi) is 5.06. The number of hydrogen-bond donors (Lipinski definition) is 1. The predicted octanol–water partition coefficient (Wildman–Crippen LogP) is 1.73. The molecule has 0 fully saturated rings. The summed E-state index contributed by atoms with van der Waals surface area (Å²) in [5, 5.41) is -0.0464. The van der Waals surface area contributed by atoms with Gasteiger partial charge in [0.25, 0.3) is 0 Å². The van der Waals surface area contributed by atoms with E-state index < -0.39 is 0 Å². The van der Waals surface area contributed by atoms with E-state index in [1.165, 1.54) is 0 Å². The molecule has 0 aliphatic carbocycles. The molecule has 0 spiro atoms. The van der Waals surface area contributed by atoms with E-state index in [1.54, 1.807) is 0 Å². The van der Waals surface area contributed by atoms with Crippen molar-refractivity contribution >= 4 is 18.9 Å². The van der Waals surface area contributed by atoms with Crippen molar-refractivity contribution in [3.8, 4) is 0 Å². The van der Waals surface area contributed by atoms with Gasteiger partial charge in [0, 0.05) is 30.5 Å². The fourth-order valence-corrected chi connectivity index (χ4v) is 1.06. The second-order valence-corrected chi connectivity index (χ2v) is 3.74. The molecule has 3 heteroatoms. The quantitative estimate of drug-likeness (QED) is 0.522. The third-order valence-electron chi connectivity index (χ3n) is 1.93. The van der Waals surface area contributed by atoms with Gasteiger partial charge in [0.2, 0.25) is 0 Å². The van der Waals surface area contributed by atoms with Crippen molar-refractivity contribution in [3.05, 3.63) is 12.3 Å². The first kappa shape index (κ1) is 11.6. The van der Waals surface area contributed by atoms with E-state index in [4.69, 9.17) is 0 Å². The Balaban J connectivity index is 4.08. The van der Waals surface area contributed by atoms with Crippen LogP contribution in [0.1, 0.15) is 20.3 Å². The number of carbonyl (C=O) groups is 1. The Morgan fingerprint density at radius 1 is 1.67 bits per heavy atom. The molecule has 0 bridgehead atoms. The molecule has 0 aromatic rings. The van der Waals surface area contributed by atoms with E-state index in [9.17, 15) is 4.79 Å². The van der Waals surface area contributed by atoms with Gasteiger partial charge in [-0.25, -0.2) is 0 Å². The lowest BCUT2D eigenvalue weighted by Crippen LogP contribution is -2.29. The molecule has 2 nitrogen and oxygen atoms in total. The first-order chi connectivity index (χ1) is 5.50. The van der Waals surface area contributed by atoms with Crippen LogP contribution in [0.25, 0.3) is 0 Å². The van der Waals surface area contributed by atoms with Crippen molar-refractivity contribution < 1.29 is 4.79 Å². The average Bonchev–Trinajstić information content (AvgIpc) is 2.02. The summed E-state index contributed by atoms with van der Waals surface area (Å²) >= 11 is 4.27. The third kappa shape index (κ3) is 3.30. The average molecular weight is 187 g/mol. The number of nitrogens with zero attached hydrogens (tertiary/aromatic N) is 1. The van der Waals surface area contributed by atoms with Crippen LogP contribution in [0.4, 0.5) is 0 Å². The minimum Gasteiger partial charge on any atom is -0.375 e. The van der Waals surface area contributed by atoms with Crippen LogP contribution in [0.3, 0.4) is 0 Å². The molecule has 0 aromatic carbocycles. The van der Waals surface area contributed by atoms with Gasteiger partial charge in [-0.1, -0.05) is 6.58 Å². The Bertz CT molecular complexity index is 168. The lowest BCUT2D eigenvalue weighted by atomic mass is 10.2. The van der Waals surface area contributed by atoms with Crippen molar-refractivity contribution in [1.82, 2.24) is 4.90 Å². The zero-order chi connectivity index (χ0) is 9.72. The second-order valence-electron chi connectivity index (χ2n) is 3.11. The maximum atomic E-state index is 10.2. The maximum Gasteiger partial charge on any atom is 0.121 e. The monoisotopic (exact) mass is 187 g/mol. The largest absolute Gasteiger partial charge is 0.375 e. The molecule has 0 amide bonds. The van der Waals surface area contributed by atoms with Gasteiger partial charge in [-0.05, 0) is 13.8 Å². The molecule has 12 heavy (non-hydrogen) atoms. The summed E-state index contributed by atoms with van der Waals surface area (Å²) in [6.45, 7) is 8.04. The molecule has 0 aromatic heterocycles. The molecule has 0 saturated carbocycles. The van der Waals surface area contributed by atoms with Crippen molar-refractivity contribution in [2.24, 2.45) is 0 Å². The Morgan fingerprint density at radius 3 is 2.50 bits per heavy atom. The van der Waals surface area contributed by atoms with Gasteiger partial charge in [-0.2, -0.15) is 12.6 Å². The van der Waals surface area contributed by atoms with Crippen LogP contribution in [0.2, 0.25) is 0 Å². The van der Waals surface area contributed by atoms with Crippen molar-refractivity contribution in [2.45, 2.75) is 31.6 Å².